The van der Waals surface area contributed by atoms with Gasteiger partial charge in [-0.3, -0.25) is 4.79 Å². The highest BCUT2D eigenvalue weighted by atomic mass is 32.2. The molecule has 0 saturated heterocycles. The average Bonchev–Trinajstić information content (AvgIpc) is 2.18. The van der Waals surface area contributed by atoms with E-state index in [9.17, 15) is 4.79 Å². The van der Waals surface area contributed by atoms with Gasteiger partial charge in [-0.1, -0.05) is 13.3 Å². The van der Waals surface area contributed by atoms with Crippen LogP contribution in [-0.2, 0) is 4.79 Å². The van der Waals surface area contributed by atoms with E-state index in [0.717, 1.165) is 25.1 Å². The largest absolute Gasteiger partial charge is 0.352 e. The molecule has 3 nitrogen and oxygen atoms in total. The highest BCUT2D eigenvalue weighted by Crippen LogP contribution is 1.96. The van der Waals surface area contributed by atoms with Gasteiger partial charge in [0.2, 0.25) is 5.91 Å². The van der Waals surface area contributed by atoms with Crippen LogP contribution in [0.3, 0.4) is 0 Å². The molecule has 2 unspecified atom stereocenters. The third-order valence-corrected chi connectivity index (χ3v) is 2.87. The third-order valence-electron chi connectivity index (χ3n) is 2.26. The van der Waals surface area contributed by atoms with Gasteiger partial charge in [0.1, 0.15) is 0 Å². The van der Waals surface area contributed by atoms with Crippen LogP contribution in [0.2, 0.25) is 0 Å². The molecule has 0 rings (SSSR count). The Labute approximate surface area is 97.8 Å². The van der Waals surface area contributed by atoms with E-state index in [1.165, 1.54) is 0 Å². The normalized spacial score (nSPS) is 14.7. The maximum absolute atomic E-state index is 11.6. The first-order valence-electron chi connectivity index (χ1n) is 5.64. The number of amides is 1. The van der Waals surface area contributed by atoms with Crippen molar-refractivity contribution in [2.45, 2.75) is 45.7 Å². The van der Waals surface area contributed by atoms with Crippen molar-refractivity contribution in [1.82, 2.24) is 10.6 Å². The molecule has 0 saturated carbocycles. The molecule has 0 spiro atoms. The number of thioether (sulfide) groups is 1. The molecule has 0 heterocycles. The van der Waals surface area contributed by atoms with Gasteiger partial charge in [-0.25, -0.2) is 0 Å². The lowest BCUT2D eigenvalue weighted by Gasteiger charge is -2.17. The smallest absolute Gasteiger partial charge is 0.237 e. The van der Waals surface area contributed by atoms with Crippen LogP contribution >= 0.6 is 11.8 Å². The number of hydrogen-bond acceptors (Lipinski definition) is 3. The van der Waals surface area contributed by atoms with E-state index in [1.807, 2.05) is 6.92 Å². The van der Waals surface area contributed by atoms with Crippen molar-refractivity contribution in [3.05, 3.63) is 0 Å². The zero-order valence-corrected chi connectivity index (χ0v) is 11.1. The Morgan fingerprint density at radius 3 is 2.60 bits per heavy atom. The molecule has 2 atom stereocenters. The average molecular weight is 232 g/mol. The molecular formula is C11H24N2OS. The number of hydrogen-bond donors (Lipinski definition) is 2. The summed E-state index contributed by atoms with van der Waals surface area (Å²) in [6.07, 6.45) is 4.22. The molecule has 15 heavy (non-hydrogen) atoms. The zero-order chi connectivity index (χ0) is 11.7. The van der Waals surface area contributed by atoms with Crippen LogP contribution in [0.25, 0.3) is 0 Å². The highest BCUT2D eigenvalue weighted by Gasteiger charge is 2.13. The van der Waals surface area contributed by atoms with Crippen molar-refractivity contribution in [2.75, 3.05) is 18.6 Å². The second-order valence-electron chi connectivity index (χ2n) is 3.87. The minimum absolute atomic E-state index is 0.0866. The third kappa shape index (κ3) is 7.68. The molecule has 2 N–H and O–H groups in total. The van der Waals surface area contributed by atoms with Crippen LogP contribution in [0.1, 0.15) is 33.6 Å². The summed E-state index contributed by atoms with van der Waals surface area (Å²) in [5, 5.41) is 6.20. The van der Waals surface area contributed by atoms with E-state index in [-0.39, 0.29) is 18.0 Å². The summed E-state index contributed by atoms with van der Waals surface area (Å²) in [6, 6.07) is 0.198. The van der Waals surface area contributed by atoms with Crippen molar-refractivity contribution in [3.63, 3.8) is 0 Å². The molecule has 0 fully saturated rings. The fourth-order valence-corrected chi connectivity index (χ4v) is 1.67. The van der Waals surface area contributed by atoms with Crippen molar-refractivity contribution >= 4 is 17.7 Å². The summed E-state index contributed by atoms with van der Waals surface area (Å²) in [4.78, 5) is 11.6. The van der Waals surface area contributed by atoms with E-state index in [1.54, 1.807) is 11.8 Å². The van der Waals surface area contributed by atoms with Crippen molar-refractivity contribution in [2.24, 2.45) is 0 Å². The molecule has 0 aliphatic rings. The predicted octanol–water partition coefficient (Wildman–Crippen LogP) is 1.63. The topological polar surface area (TPSA) is 41.1 Å². The van der Waals surface area contributed by atoms with Gasteiger partial charge >= 0.3 is 0 Å². The summed E-state index contributed by atoms with van der Waals surface area (Å²) in [6.45, 7) is 6.98. The first kappa shape index (κ1) is 14.8. The highest BCUT2D eigenvalue weighted by molar-refractivity contribution is 7.98. The van der Waals surface area contributed by atoms with E-state index in [4.69, 9.17) is 0 Å². The van der Waals surface area contributed by atoms with Gasteiger partial charge in [0, 0.05) is 18.3 Å². The van der Waals surface area contributed by atoms with Gasteiger partial charge in [-0.15, -0.1) is 0 Å². The Hall–Kier alpha value is -0.220. The number of carbonyl (C=O) groups excluding carboxylic acids is 1. The lowest BCUT2D eigenvalue weighted by Crippen LogP contribution is -2.45. The van der Waals surface area contributed by atoms with Crippen LogP contribution < -0.4 is 10.6 Å². The van der Waals surface area contributed by atoms with Gasteiger partial charge < -0.3 is 10.6 Å². The minimum Gasteiger partial charge on any atom is -0.352 e. The second-order valence-corrected chi connectivity index (χ2v) is 4.85. The molecule has 90 valence electrons. The van der Waals surface area contributed by atoms with Crippen LogP contribution in [0.5, 0.6) is 0 Å². The van der Waals surface area contributed by atoms with Crippen LogP contribution in [0.4, 0.5) is 0 Å². The van der Waals surface area contributed by atoms with E-state index in [2.05, 4.69) is 30.7 Å². The molecule has 0 aromatic rings. The monoisotopic (exact) mass is 232 g/mol. The Kier molecular flexibility index (Phi) is 8.91. The maximum atomic E-state index is 11.6. The Bertz CT molecular complexity index is 176. The van der Waals surface area contributed by atoms with Gasteiger partial charge in [-0.2, -0.15) is 11.8 Å². The molecular weight excluding hydrogens is 208 g/mol. The SMILES string of the molecule is CCCC(C)NC(=O)C(C)NCCSC. The Morgan fingerprint density at radius 2 is 2.07 bits per heavy atom. The van der Waals surface area contributed by atoms with Crippen molar-refractivity contribution in [1.29, 1.82) is 0 Å². The molecule has 0 aliphatic carbocycles. The summed E-state index contributed by atoms with van der Waals surface area (Å²) < 4.78 is 0. The van der Waals surface area contributed by atoms with Gasteiger partial charge in [0.25, 0.3) is 0 Å². The van der Waals surface area contributed by atoms with Crippen molar-refractivity contribution < 1.29 is 4.79 Å². The fraction of sp³-hybridized carbons (Fsp3) is 0.909. The van der Waals surface area contributed by atoms with E-state index < -0.39 is 0 Å². The lowest BCUT2D eigenvalue weighted by atomic mass is 10.2. The van der Waals surface area contributed by atoms with Crippen LogP contribution in [0.15, 0.2) is 0 Å². The number of rotatable bonds is 8. The zero-order valence-electron chi connectivity index (χ0n) is 10.3. The number of carbonyl (C=O) groups is 1. The molecule has 0 aliphatic heterocycles. The quantitative estimate of drug-likeness (QED) is 0.625. The van der Waals surface area contributed by atoms with Crippen LogP contribution in [-0.4, -0.2) is 36.5 Å². The summed E-state index contributed by atoms with van der Waals surface area (Å²) in [5.41, 5.74) is 0. The fourth-order valence-electron chi connectivity index (χ4n) is 1.34. The van der Waals surface area contributed by atoms with Gasteiger partial charge in [-0.05, 0) is 26.5 Å². The van der Waals surface area contributed by atoms with Crippen molar-refractivity contribution in [3.8, 4) is 0 Å². The molecule has 1 amide bonds. The first-order valence-corrected chi connectivity index (χ1v) is 7.03. The second kappa shape index (κ2) is 9.04. The standard InChI is InChI=1S/C11H24N2OS/c1-5-6-9(2)13-11(14)10(3)12-7-8-15-4/h9-10,12H,5-8H2,1-4H3,(H,13,14). The Balaban J connectivity index is 3.68. The first-order chi connectivity index (χ1) is 7.11. The Morgan fingerprint density at radius 1 is 1.40 bits per heavy atom. The van der Waals surface area contributed by atoms with Crippen LogP contribution in [0, 0.1) is 0 Å². The minimum atomic E-state index is -0.0866. The maximum Gasteiger partial charge on any atom is 0.237 e. The van der Waals surface area contributed by atoms with Gasteiger partial charge in [0.05, 0.1) is 6.04 Å². The van der Waals surface area contributed by atoms with Gasteiger partial charge in [0.15, 0.2) is 0 Å². The van der Waals surface area contributed by atoms with E-state index in [0.29, 0.717) is 0 Å². The predicted molar refractivity (Wildman–Crippen MR) is 68.4 cm³/mol. The summed E-state index contributed by atoms with van der Waals surface area (Å²) in [7, 11) is 0. The molecule has 0 aromatic carbocycles. The molecule has 0 aromatic heterocycles. The molecule has 0 bridgehead atoms. The summed E-state index contributed by atoms with van der Waals surface area (Å²) >= 11 is 1.78. The molecule has 4 heteroatoms. The van der Waals surface area contributed by atoms with E-state index >= 15 is 0 Å². The number of nitrogens with one attached hydrogen (secondary N) is 2. The molecule has 0 radical (unpaired) electrons. The summed E-state index contributed by atoms with van der Waals surface area (Å²) in [5.74, 6) is 1.15. The lowest BCUT2D eigenvalue weighted by molar-refractivity contribution is -0.123.